The van der Waals surface area contributed by atoms with E-state index in [1.54, 1.807) is 16.9 Å². The summed E-state index contributed by atoms with van der Waals surface area (Å²) in [6.45, 7) is 4.31. The molecule has 0 radical (unpaired) electrons. The topological polar surface area (TPSA) is 82.9 Å². The fourth-order valence-electron chi connectivity index (χ4n) is 3.01. The summed E-state index contributed by atoms with van der Waals surface area (Å²) in [5, 5.41) is 14.8. The molecule has 1 fully saturated rings. The predicted molar refractivity (Wildman–Crippen MR) is 93.7 cm³/mol. The second-order valence-corrected chi connectivity index (χ2v) is 6.06. The standard InChI is InChI=1S/C17H19N7O/c25-17-10-16(11-18-20-17)23-8-6-22(7-9-23)12-14-13-24(21-19-14)15-4-2-1-3-5-15/h1-5,10-11,13H,6-9,12H2,(H,20,25). The molecule has 3 aromatic rings. The molecule has 25 heavy (non-hydrogen) atoms. The van der Waals surface area contributed by atoms with Crippen LogP contribution in [0.4, 0.5) is 5.69 Å². The number of para-hydroxylation sites is 1. The molecule has 1 aromatic carbocycles. The number of anilines is 1. The van der Waals surface area contributed by atoms with Gasteiger partial charge in [0, 0.05) is 38.8 Å². The van der Waals surface area contributed by atoms with Crippen molar-refractivity contribution in [2.75, 3.05) is 31.1 Å². The van der Waals surface area contributed by atoms with E-state index in [0.717, 1.165) is 49.8 Å². The van der Waals surface area contributed by atoms with Crippen molar-refractivity contribution in [2.45, 2.75) is 6.54 Å². The van der Waals surface area contributed by atoms with Gasteiger partial charge >= 0.3 is 0 Å². The SMILES string of the molecule is O=c1cc(N2CCN(Cc3cn(-c4ccccc4)nn3)CC2)cn[nH]1. The minimum Gasteiger partial charge on any atom is -0.368 e. The van der Waals surface area contributed by atoms with Gasteiger partial charge < -0.3 is 4.90 Å². The van der Waals surface area contributed by atoms with Crippen molar-refractivity contribution >= 4 is 5.69 Å². The van der Waals surface area contributed by atoms with Crippen LogP contribution in [0.15, 0.2) is 53.6 Å². The maximum Gasteiger partial charge on any atom is 0.266 e. The Morgan fingerprint density at radius 1 is 1.04 bits per heavy atom. The Labute approximate surface area is 144 Å². The summed E-state index contributed by atoms with van der Waals surface area (Å²) in [6.07, 6.45) is 3.67. The Morgan fingerprint density at radius 2 is 1.84 bits per heavy atom. The first kappa shape index (κ1) is 15.5. The smallest absolute Gasteiger partial charge is 0.266 e. The lowest BCUT2D eigenvalue weighted by atomic mass is 10.2. The molecule has 0 spiro atoms. The molecule has 128 valence electrons. The van der Waals surface area contributed by atoms with Crippen LogP contribution < -0.4 is 10.5 Å². The normalized spacial score (nSPS) is 15.4. The van der Waals surface area contributed by atoms with E-state index >= 15 is 0 Å². The van der Waals surface area contributed by atoms with E-state index < -0.39 is 0 Å². The van der Waals surface area contributed by atoms with E-state index in [1.807, 2.05) is 36.5 Å². The fraction of sp³-hybridized carbons (Fsp3) is 0.294. The molecule has 2 aromatic heterocycles. The lowest BCUT2D eigenvalue weighted by Gasteiger charge is -2.35. The van der Waals surface area contributed by atoms with Crippen LogP contribution in [0.1, 0.15) is 5.69 Å². The third-order valence-electron chi connectivity index (χ3n) is 4.34. The maximum absolute atomic E-state index is 11.4. The van der Waals surface area contributed by atoms with Gasteiger partial charge in [-0.25, -0.2) is 9.78 Å². The minimum atomic E-state index is -0.169. The van der Waals surface area contributed by atoms with Gasteiger partial charge in [-0.15, -0.1) is 5.10 Å². The van der Waals surface area contributed by atoms with Gasteiger partial charge in [-0.05, 0) is 12.1 Å². The molecule has 0 bridgehead atoms. The molecule has 1 N–H and O–H groups in total. The Bertz CT molecular complexity index is 881. The number of piperazine rings is 1. The van der Waals surface area contributed by atoms with E-state index in [1.165, 1.54) is 0 Å². The Balaban J connectivity index is 1.36. The second kappa shape index (κ2) is 6.86. The molecule has 8 heteroatoms. The van der Waals surface area contributed by atoms with Crippen LogP contribution in [0.5, 0.6) is 0 Å². The average molecular weight is 337 g/mol. The van der Waals surface area contributed by atoms with Crippen LogP contribution in [-0.4, -0.2) is 56.3 Å². The molecule has 1 aliphatic rings. The van der Waals surface area contributed by atoms with E-state index in [-0.39, 0.29) is 5.56 Å². The van der Waals surface area contributed by atoms with Gasteiger partial charge in [-0.1, -0.05) is 23.4 Å². The van der Waals surface area contributed by atoms with Gasteiger partial charge in [0.25, 0.3) is 5.56 Å². The quantitative estimate of drug-likeness (QED) is 0.754. The zero-order chi connectivity index (χ0) is 17.1. The minimum absolute atomic E-state index is 0.169. The van der Waals surface area contributed by atoms with E-state index in [2.05, 4.69) is 30.3 Å². The molecular formula is C17H19N7O. The highest BCUT2D eigenvalue weighted by Gasteiger charge is 2.19. The van der Waals surface area contributed by atoms with Crippen LogP contribution >= 0.6 is 0 Å². The number of rotatable bonds is 4. The molecule has 1 aliphatic heterocycles. The molecule has 0 atom stereocenters. The number of nitrogens with zero attached hydrogens (tertiary/aromatic N) is 6. The van der Waals surface area contributed by atoms with Crippen LogP contribution in [0.25, 0.3) is 5.69 Å². The van der Waals surface area contributed by atoms with Gasteiger partial charge in [0.2, 0.25) is 0 Å². The van der Waals surface area contributed by atoms with Gasteiger partial charge in [-0.3, -0.25) is 9.69 Å². The molecule has 0 saturated carbocycles. The third-order valence-corrected chi connectivity index (χ3v) is 4.34. The van der Waals surface area contributed by atoms with Crippen LogP contribution in [-0.2, 0) is 6.54 Å². The molecule has 0 aliphatic carbocycles. The molecule has 0 unspecified atom stereocenters. The molecule has 3 heterocycles. The summed E-state index contributed by atoms with van der Waals surface area (Å²) < 4.78 is 1.80. The Morgan fingerprint density at radius 3 is 2.60 bits per heavy atom. The molecular weight excluding hydrogens is 318 g/mol. The van der Waals surface area contributed by atoms with Crippen molar-refractivity contribution < 1.29 is 0 Å². The van der Waals surface area contributed by atoms with Crippen LogP contribution in [0.3, 0.4) is 0 Å². The summed E-state index contributed by atoms with van der Waals surface area (Å²) >= 11 is 0. The lowest BCUT2D eigenvalue weighted by molar-refractivity contribution is 0.247. The highest BCUT2D eigenvalue weighted by molar-refractivity contribution is 5.43. The first-order chi connectivity index (χ1) is 12.3. The van der Waals surface area contributed by atoms with E-state index in [9.17, 15) is 4.79 Å². The Hall–Kier alpha value is -3.00. The van der Waals surface area contributed by atoms with Gasteiger partial charge in [-0.2, -0.15) is 5.10 Å². The van der Waals surface area contributed by atoms with Gasteiger partial charge in [0.05, 0.1) is 29.5 Å². The number of benzene rings is 1. The fourth-order valence-corrected chi connectivity index (χ4v) is 3.01. The average Bonchev–Trinajstić information content (AvgIpc) is 3.12. The highest BCUT2D eigenvalue weighted by atomic mass is 16.1. The van der Waals surface area contributed by atoms with Crippen LogP contribution in [0, 0.1) is 0 Å². The number of H-pyrrole nitrogens is 1. The zero-order valence-electron chi connectivity index (χ0n) is 13.7. The maximum atomic E-state index is 11.4. The predicted octanol–water partition coefficient (Wildman–Crippen LogP) is 0.673. The first-order valence-corrected chi connectivity index (χ1v) is 8.27. The second-order valence-electron chi connectivity index (χ2n) is 6.06. The van der Waals surface area contributed by atoms with Gasteiger partial charge in [0.15, 0.2) is 0 Å². The summed E-state index contributed by atoms with van der Waals surface area (Å²) in [4.78, 5) is 15.9. The summed E-state index contributed by atoms with van der Waals surface area (Å²) in [6, 6.07) is 11.6. The number of nitrogens with one attached hydrogen (secondary N) is 1. The number of aromatic nitrogens is 5. The molecule has 0 amide bonds. The number of hydrogen-bond acceptors (Lipinski definition) is 6. The van der Waals surface area contributed by atoms with Crippen molar-refractivity contribution in [3.05, 3.63) is 64.8 Å². The van der Waals surface area contributed by atoms with Crippen molar-refractivity contribution in [1.29, 1.82) is 0 Å². The zero-order valence-corrected chi connectivity index (χ0v) is 13.7. The third kappa shape index (κ3) is 3.58. The molecule has 4 rings (SSSR count). The van der Waals surface area contributed by atoms with Crippen molar-refractivity contribution in [3.63, 3.8) is 0 Å². The Kier molecular flexibility index (Phi) is 4.26. The highest BCUT2D eigenvalue weighted by Crippen LogP contribution is 2.14. The molecule has 1 saturated heterocycles. The largest absolute Gasteiger partial charge is 0.368 e. The van der Waals surface area contributed by atoms with E-state index in [0.29, 0.717) is 0 Å². The monoisotopic (exact) mass is 337 g/mol. The van der Waals surface area contributed by atoms with Crippen molar-refractivity contribution in [1.82, 2.24) is 30.1 Å². The lowest BCUT2D eigenvalue weighted by Crippen LogP contribution is -2.46. The molecule has 8 nitrogen and oxygen atoms in total. The summed E-state index contributed by atoms with van der Waals surface area (Å²) in [5.74, 6) is 0. The van der Waals surface area contributed by atoms with Crippen molar-refractivity contribution in [3.8, 4) is 5.69 Å². The van der Waals surface area contributed by atoms with Crippen LogP contribution in [0.2, 0.25) is 0 Å². The summed E-state index contributed by atoms with van der Waals surface area (Å²) in [7, 11) is 0. The summed E-state index contributed by atoms with van der Waals surface area (Å²) in [5.41, 5.74) is 2.67. The number of aromatic amines is 1. The first-order valence-electron chi connectivity index (χ1n) is 8.27. The van der Waals surface area contributed by atoms with E-state index in [4.69, 9.17) is 0 Å². The van der Waals surface area contributed by atoms with Gasteiger partial charge in [0.1, 0.15) is 0 Å². The van der Waals surface area contributed by atoms with Crippen molar-refractivity contribution in [2.24, 2.45) is 0 Å². The number of hydrogen-bond donors (Lipinski definition) is 1.